The molecule has 4 aliphatic carbocycles. The first-order valence-corrected chi connectivity index (χ1v) is 6.15. The van der Waals surface area contributed by atoms with Crippen LogP contribution in [0.15, 0.2) is 0 Å². The van der Waals surface area contributed by atoms with Crippen LogP contribution in [0.2, 0.25) is 0 Å². The molecule has 6 atom stereocenters. The average molecular weight is 178 g/mol. The highest BCUT2D eigenvalue weighted by Crippen LogP contribution is 3.03. The highest BCUT2D eigenvalue weighted by atomic mass is 15.0. The zero-order chi connectivity index (χ0) is 9.43. The number of hydrogen-bond donors (Lipinski definition) is 0. The van der Waals surface area contributed by atoms with E-state index in [2.05, 4.69) is 27.7 Å². The van der Waals surface area contributed by atoms with Gasteiger partial charge in [-0.15, -0.1) is 0 Å². The largest absolute Gasteiger partial charge is 0.0651 e. The molecule has 0 aromatic heterocycles. The van der Waals surface area contributed by atoms with E-state index in [-0.39, 0.29) is 0 Å². The van der Waals surface area contributed by atoms with Crippen LogP contribution in [-0.4, -0.2) is 0 Å². The molecule has 4 rings (SSSR count). The van der Waals surface area contributed by atoms with E-state index in [1.54, 1.807) is 6.42 Å². The fraction of sp³-hybridized carbons (Fsp3) is 1.00. The van der Waals surface area contributed by atoms with E-state index >= 15 is 0 Å². The van der Waals surface area contributed by atoms with Crippen LogP contribution in [0.1, 0.15) is 47.0 Å². The van der Waals surface area contributed by atoms with Crippen LogP contribution in [0.4, 0.5) is 0 Å². The molecule has 0 nitrogen and oxygen atoms in total. The van der Waals surface area contributed by atoms with Crippen molar-refractivity contribution in [2.45, 2.75) is 47.0 Å². The maximum atomic E-state index is 2.57. The lowest BCUT2D eigenvalue weighted by molar-refractivity contribution is 0.315. The van der Waals surface area contributed by atoms with Gasteiger partial charge < -0.3 is 0 Å². The fourth-order valence-corrected chi connectivity index (χ4v) is 5.55. The molecule has 4 fully saturated rings. The third-order valence-corrected chi connectivity index (χ3v) is 6.19. The molecule has 0 heteroatoms. The van der Waals surface area contributed by atoms with E-state index < -0.39 is 0 Å². The minimum absolute atomic E-state index is 0.836. The van der Waals surface area contributed by atoms with Gasteiger partial charge >= 0.3 is 0 Å². The van der Waals surface area contributed by atoms with Crippen LogP contribution in [0.5, 0.6) is 0 Å². The van der Waals surface area contributed by atoms with Gasteiger partial charge in [-0.05, 0) is 40.9 Å². The van der Waals surface area contributed by atoms with E-state index in [9.17, 15) is 0 Å². The maximum Gasteiger partial charge on any atom is -0.0142 e. The van der Waals surface area contributed by atoms with Crippen molar-refractivity contribution in [1.82, 2.24) is 0 Å². The summed E-state index contributed by atoms with van der Waals surface area (Å²) in [6, 6.07) is 0. The van der Waals surface area contributed by atoms with Gasteiger partial charge in [-0.2, -0.15) is 0 Å². The molecule has 0 aromatic rings. The predicted molar refractivity (Wildman–Crippen MR) is 55.4 cm³/mol. The second-order valence-electron chi connectivity index (χ2n) is 5.96. The molecule has 0 radical (unpaired) electrons. The standard InChI is InChI=1S/C13H22/c1-5-8(3)13-10-7-9(6-2)11(13)12(10,13)4/h8-11H,5-7H2,1-4H3. The summed E-state index contributed by atoms with van der Waals surface area (Å²) in [4.78, 5) is 0. The van der Waals surface area contributed by atoms with Gasteiger partial charge in [0.15, 0.2) is 0 Å². The predicted octanol–water partition coefficient (Wildman–Crippen LogP) is 3.71. The van der Waals surface area contributed by atoms with Crippen molar-refractivity contribution in [3.8, 4) is 0 Å². The summed E-state index contributed by atoms with van der Waals surface area (Å²) in [5, 5.41) is 0. The molecule has 0 spiro atoms. The van der Waals surface area contributed by atoms with Crippen LogP contribution in [0.25, 0.3) is 0 Å². The molecule has 4 aliphatic rings. The molecule has 0 saturated heterocycles. The topological polar surface area (TPSA) is 0 Å². The summed E-state index contributed by atoms with van der Waals surface area (Å²) in [6.07, 6.45) is 4.41. The van der Waals surface area contributed by atoms with Crippen LogP contribution in [-0.2, 0) is 0 Å². The molecule has 0 aromatic carbocycles. The highest BCUT2D eigenvalue weighted by molar-refractivity contribution is 5.45. The van der Waals surface area contributed by atoms with Gasteiger partial charge in [0.05, 0.1) is 0 Å². The van der Waals surface area contributed by atoms with Crippen LogP contribution < -0.4 is 0 Å². The van der Waals surface area contributed by atoms with Crippen molar-refractivity contribution >= 4 is 0 Å². The molecule has 0 amide bonds. The summed E-state index contributed by atoms with van der Waals surface area (Å²) in [7, 11) is 0. The first-order valence-electron chi connectivity index (χ1n) is 6.15. The van der Waals surface area contributed by atoms with Crippen molar-refractivity contribution in [2.75, 3.05) is 0 Å². The van der Waals surface area contributed by atoms with Gasteiger partial charge in [-0.25, -0.2) is 0 Å². The molecule has 4 saturated carbocycles. The van der Waals surface area contributed by atoms with Gasteiger partial charge in [-0.1, -0.05) is 40.5 Å². The second kappa shape index (κ2) is 1.99. The Labute approximate surface area is 82.1 Å². The Morgan fingerprint density at radius 3 is 2.46 bits per heavy atom. The molecule has 13 heavy (non-hydrogen) atoms. The second-order valence-corrected chi connectivity index (χ2v) is 5.96. The molecule has 0 aliphatic heterocycles. The SMILES string of the molecule is CCC1CC2C3(C)C1C23C(C)CC. The molecule has 2 bridgehead atoms. The van der Waals surface area contributed by atoms with E-state index in [0.29, 0.717) is 0 Å². The Morgan fingerprint density at radius 2 is 2.08 bits per heavy atom. The maximum absolute atomic E-state index is 2.57. The van der Waals surface area contributed by atoms with E-state index in [1.807, 2.05) is 0 Å². The van der Waals surface area contributed by atoms with Gasteiger partial charge in [0.2, 0.25) is 0 Å². The lowest BCUT2D eigenvalue weighted by Gasteiger charge is -2.16. The molecule has 74 valence electrons. The molecular formula is C13H22. The number of rotatable bonds is 3. The summed E-state index contributed by atoms with van der Waals surface area (Å²) in [5.74, 6) is 4.39. The minimum Gasteiger partial charge on any atom is -0.0651 e. The first-order chi connectivity index (χ1) is 6.15. The first kappa shape index (κ1) is 8.32. The summed E-state index contributed by atoms with van der Waals surface area (Å²) in [6.45, 7) is 9.83. The summed E-state index contributed by atoms with van der Waals surface area (Å²) >= 11 is 0. The number of hydrogen-bond acceptors (Lipinski definition) is 0. The lowest BCUT2D eigenvalue weighted by atomic mass is 9.88. The Bertz CT molecular complexity index is 257. The van der Waals surface area contributed by atoms with Crippen molar-refractivity contribution in [3.63, 3.8) is 0 Å². The van der Waals surface area contributed by atoms with Gasteiger partial charge in [0, 0.05) is 0 Å². The summed E-state index contributed by atoms with van der Waals surface area (Å²) in [5.41, 5.74) is 1.70. The minimum atomic E-state index is 0.836. The van der Waals surface area contributed by atoms with Gasteiger partial charge in [0.25, 0.3) is 0 Å². The average Bonchev–Trinajstić information content (AvgIpc) is 2.75. The zero-order valence-corrected chi connectivity index (χ0v) is 9.43. The Hall–Kier alpha value is 0. The third-order valence-electron chi connectivity index (χ3n) is 6.19. The summed E-state index contributed by atoms with van der Waals surface area (Å²) < 4.78 is 0. The quantitative estimate of drug-likeness (QED) is 0.618. The Balaban J connectivity index is 1.86. The molecular weight excluding hydrogens is 156 g/mol. The van der Waals surface area contributed by atoms with Gasteiger partial charge in [0.1, 0.15) is 0 Å². The van der Waals surface area contributed by atoms with E-state index in [1.165, 1.54) is 12.8 Å². The van der Waals surface area contributed by atoms with Crippen LogP contribution >= 0.6 is 0 Å². The van der Waals surface area contributed by atoms with Crippen LogP contribution in [0, 0.1) is 34.5 Å². The van der Waals surface area contributed by atoms with Crippen molar-refractivity contribution in [2.24, 2.45) is 34.5 Å². The third kappa shape index (κ3) is 0.543. The van der Waals surface area contributed by atoms with Crippen LogP contribution in [0.3, 0.4) is 0 Å². The highest BCUT2D eigenvalue weighted by Gasteiger charge is 2.99. The van der Waals surface area contributed by atoms with E-state index in [4.69, 9.17) is 0 Å². The Kier molecular flexibility index (Phi) is 1.27. The zero-order valence-electron chi connectivity index (χ0n) is 9.43. The number of fused-ring (bicyclic) bond motifs is 1. The monoisotopic (exact) mass is 178 g/mol. The fourth-order valence-electron chi connectivity index (χ4n) is 5.55. The van der Waals surface area contributed by atoms with E-state index in [0.717, 1.165) is 34.5 Å². The lowest BCUT2D eigenvalue weighted by Crippen LogP contribution is -2.11. The van der Waals surface area contributed by atoms with Crippen molar-refractivity contribution < 1.29 is 0 Å². The molecule has 0 N–H and O–H groups in total. The smallest absolute Gasteiger partial charge is 0.0142 e. The normalized spacial score (nSPS) is 63.2. The molecule has 0 heterocycles. The van der Waals surface area contributed by atoms with Crippen molar-refractivity contribution in [1.29, 1.82) is 0 Å². The van der Waals surface area contributed by atoms with Crippen molar-refractivity contribution in [3.05, 3.63) is 0 Å². The van der Waals surface area contributed by atoms with Gasteiger partial charge in [-0.3, -0.25) is 0 Å². The Morgan fingerprint density at radius 1 is 1.38 bits per heavy atom. The molecule has 6 unspecified atom stereocenters.